The van der Waals surface area contributed by atoms with Crippen LogP contribution in [0.5, 0.6) is 0 Å². The first-order valence-corrected chi connectivity index (χ1v) is 16.5. The lowest BCUT2D eigenvalue weighted by Gasteiger charge is -2.29. The fraction of sp³-hybridized carbons (Fsp3) is 0.767. The lowest BCUT2D eigenvalue weighted by Crippen LogP contribution is -2.40. The molecule has 1 aromatic carbocycles. The molecule has 5 rings (SSSR count). The molecule has 1 N–H and O–H groups in total. The Bertz CT molecular complexity index is 1000. The van der Waals surface area contributed by atoms with Crippen molar-refractivity contribution in [2.24, 2.45) is 11.8 Å². The van der Waals surface area contributed by atoms with Crippen LogP contribution in [-0.4, -0.2) is 79.6 Å². The summed E-state index contributed by atoms with van der Waals surface area (Å²) in [7, 11) is -0.662. The third-order valence-corrected chi connectivity index (χ3v) is 11.5. The van der Waals surface area contributed by atoms with Gasteiger partial charge in [-0.1, -0.05) is 44.2 Å². The van der Waals surface area contributed by atoms with Gasteiger partial charge in [0.05, 0.1) is 11.0 Å². The first-order chi connectivity index (χ1) is 18.2. The molecule has 6 nitrogen and oxygen atoms in total. The van der Waals surface area contributed by atoms with E-state index >= 15 is 0 Å². The van der Waals surface area contributed by atoms with Crippen molar-refractivity contribution in [3.63, 3.8) is 0 Å². The van der Waals surface area contributed by atoms with Crippen molar-refractivity contribution >= 4 is 15.8 Å². The average Bonchev–Trinajstić information content (AvgIpc) is 3.61. The Hall–Kier alpha value is -1.51. The SMILES string of the molecule is CN1CCC(CCS(=O)(=O)C2CCCCC2)CC1.O=C(O)C(CC1CC1)N1CCC(c2cccc(F)c2)C1. The minimum atomic E-state index is -2.81. The Morgan fingerprint density at radius 3 is 2.34 bits per heavy atom. The number of hydrogen-bond acceptors (Lipinski definition) is 5. The number of piperidine rings is 1. The summed E-state index contributed by atoms with van der Waals surface area (Å²) < 4.78 is 37.8. The average molecular weight is 551 g/mol. The van der Waals surface area contributed by atoms with Crippen LogP contribution in [-0.2, 0) is 14.6 Å². The van der Waals surface area contributed by atoms with Crippen molar-refractivity contribution in [1.29, 1.82) is 0 Å². The molecule has 0 radical (unpaired) electrons. The quantitative estimate of drug-likeness (QED) is 0.448. The van der Waals surface area contributed by atoms with Crippen LogP contribution < -0.4 is 0 Å². The molecule has 2 heterocycles. The number of likely N-dealkylation sites (tertiary alicyclic amines) is 2. The van der Waals surface area contributed by atoms with Gasteiger partial charge >= 0.3 is 5.97 Å². The lowest BCUT2D eigenvalue weighted by atomic mass is 9.95. The van der Waals surface area contributed by atoms with Crippen LogP contribution in [0, 0.1) is 17.7 Å². The van der Waals surface area contributed by atoms with Gasteiger partial charge in [-0.2, -0.15) is 0 Å². The number of benzene rings is 1. The van der Waals surface area contributed by atoms with Crippen molar-refractivity contribution in [2.45, 2.75) is 94.3 Å². The van der Waals surface area contributed by atoms with E-state index in [2.05, 4.69) is 16.8 Å². The number of rotatable bonds is 9. The number of nitrogens with zero attached hydrogens (tertiary/aromatic N) is 2. The van der Waals surface area contributed by atoms with Crippen LogP contribution in [0.25, 0.3) is 0 Å². The summed E-state index contributed by atoms with van der Waals surface area (Å²) in [6, 6.07) is 6.33. The van der Waals surface area contributed by atoms with Crippen molar-refractivity contribution < 1.29 is 22.7 Å². The summed E-state index contributed by atoms with van der Waals surface area (Å²) in [4.78, 5) is 15.9. The molecule has 4 fully saturated rings. The Kier molecular flexibility index (Phi) is 10.6. The van der Waals surface area contributed by atoms with Crippen molar-refractivity contribution in [3.8, 4) is 0 Å². The summed E-state index contributed by atoms with van der Waals surface area (Å²) in [5.74, 6) is 1.01. The fourth-order valence-electron chi connectivity index (χ4n) is 6.45. The second-order valence-electron chi connectivity index (χ2n) is 12.2. The van der Waals surface area contributed by atoms with Crippen LogP contribution in [0.3, 0.4) is 0 Å². The van der Waals surface area contributed by atoms with Gasteiger partial charge in [0.15, 0.2) is 9.84 Å². The maximum absolute atomic E-state index is 13.3. The minimum Gasteiger partial charge on any atom is -0.480 e. The van der Waals surface area contributed by atoms with Gasteiger partial charge in [-0.05, 0) is 107 Å². The van der Waals surface area contributed by atoms with Gasteiger partial charge in [-0.3, -0.25) is 9.69 Å². The minimum absolute atomic E-state index is 0.0162. The predicted octanol–water partition coefficient (Wildman–Crippen LogP) is 5.33. The van der Waals surface area contributed by atoms with Crippen LogP contribution in [0.1, 0.15) is 88.5 Å². The number of aliphatic carboxylic acids is 1. The standard InChI is InChI=1S/C16H20FNO2.C14H27NO2S/c17-14-3-1-2-12(9-14)13-6-7-18(10-13)15(16(19)20)8-11-4-5-11;1-15-10-7-13(8-11-15)9-12-18(16,17)14-5-3-2-4-6-14/h1-3,9,11,13,15H,4-8,10H2,(H,19,20);13-14H,2-12H2,1H3. The molecule has 2 aliphatic carbocycles. The van der Waals surface area contributed by atoms with E-state index in [-0.39, 0.29) is 23.0 Å². The zero-order valence-corrected chi connectivity index (χ0v) is 23.9. The molecule has 38 heavy (non-hydrogen) atoms. The first-order valence-electron chi connectivity index (χ1n) is 14.8. The van der Waals surface area contributed by atoms with Gasteiger partial charge < -0.3 is 10.0 Å². The summed E-state index contributed by atoms with van der Waals surface area (Å²) in [6.45, 7) is 3.79. The van der Waals surface area contributed by atoms with Gasteiger partial charge in [0.2, 0.25) is 0 Å². The van der Waals surface area contributed by atoms with E-state index in [1.54, 1.807) is 12.1 Å². The molecule has 1 aromatic rings. The predicted molar refractivity (Wildman–Crippen MR) is 150 cm³/mol. The molecule has 0 amide bonds. The second-order valence-corrected chi connectivity index (χ2v) is 14.6. The highest BCUT2D eigenvalue weighted by molar-refractivity contribution is 7.92. The van der Waals surface area contributed by atoms with Gasteiger partial charge in [-0.25, -0.2) is 12.8 Å². The van der Waals surface area contributed by atoms with Crippen LogP contribution in [0.4, 0.5) is 4.39 Å². The summed E-state index contributed by atoms with van der Waals surface area (Å²) in [5, 5.41) is 9.39. The number of carboxylic acids is 1. The molecule has 0 aromatic heterocycles. The monoisotopic (exact) mass is 550 g/mol. The highest BCUT2D eigenvalue weighted by atomic mass is 32.2. The fourth-order valence-corrected chi connectivity index (χ4v) is 8.50. The molecule has 2 saturated carbocycles. The van der Waals surface area contributed by atoms with Gasteiger partial charge in [0, 0.05) is 6.54 Å². The number of hydrogen-bond donors (Lipinski definition) is 1. The summed E-state index contributed by atoms with van der Waals surface area (Å²) >= 11 is 0. The van der Waals surface area contributed by atoms with Crippen LogP contribution in [0.2, 0.25) is 0 Å². The number of halogens is 1. The highest BCUT2D eigenvalue weighted by Gasteiger charge is 2.37. The van der Waals surface area contributed by atoms with Crippen molar-refractivity contribution in [1.82, 2.24) is 9.80 Å². The van der Waals surface area contributed by atoms with E-state index in [0.717, 1.165) is 76.7 Å². The lowest BCUT2D eigenvalue weighted by molar-refractivity contribution is -0.143. The Morgan fingerprint density at radius 2 is 1.71 bits per heavy atom. The molecule has 2 aliphatic heterocycles. The number of carbonyl (C=O) groups is 1. The molecule has 4 aliphatic rings. The highest BCUT2D eigenvalue weighted by Crippen LogP contribution is 2.37. The van der Waals surface area contributed by atoms with Crippen LogP contribution in [0.15, 0.2) is 24.3 Å². The zero-order valence-electron chi connectivity index (χ0n) is 23.1. The van der Waals surface area contributed by atoms with Crippen molar-refractivity contribution in [3.05, 3.63) is 35.6 Å². The maximum Gasteiger partial charge on any atom is 0.320 e. The third kappa shape index (κ3) is 8.75. The Balaban J connectivity index is 0.000000178. The van der Waals surface area contributed by atoms with Gasteiger partial charge in [0.25, 0.3) is 0 Å². The molecule has 0 spiro atoms. The first kappa shape index (κ1) is 29.5. The molecule has 2 atom stereocenters. The molecule has 2 saturated heterocycles. The molecular weight excluding hydrogens is 503 g/mol. The van der Waals surface area contributed by atoms with E-state index in [1.807, 2.05) is 6.07 Å². The number of carboxylic acid groups (broad SMARTS) is 1. The van der Waals surface area contributed by atoms with Gasteiger partial charge in [0.1, 0.15) is 11.9 Å². The molecule has 0 bridgehead atoms. The Morgan fingerprint density at radius 1 is 1.00 bits per heavy atom. The Labute approximate surface area is 228 Å². The van der Waals surface area contributed by atoms with Gasteiger partial charge in [-0.15, -0.1) is 0 Å². The van der Waals surface area contributed by atoms with E-state index in [4.69, 9.17) is 0 Å². The largest absolute Gasteiger partial charge is 0.480 e. The molecular formula is C30H47FN2O4S. The maximum atomic E-state index is 13.3. The van der Waals surface area contributed by atoms with E-state index in [9.17, 15) is 22.7 Å². The van der Waals surface area contributed by atoms with E-state index in [0.29, 0.717) is 17.6 Å². The second kappa shape index (κ2) is 13.7. The van der Waals surface area contributed by atoms with Crippen LogP contribution >= 0.6 is 0 Å². The number of sulfone groups is 1. The molecule has 2 unspecified atom stereocenters. The molecule has 8 heteroatoms. The summed E-state index contributed by atoms with van der Waals surface area (Å²) in [5.41, 5.74) is 0.989. The van der Waals surface area contributed by atoms with E-state index in [1.165, 1.54) is 38.2 Å². The smallest absolute Gasteiger partial charge is 0.320 e. The molecule has 214 valence electrons. The summed E-state index contributed by atoms with van der Waals surface area (Å²) in [6.07, 6.45) is 12.5. The topological polar surface area (TPSA) is 77.9 Å². The van der Waals surface area contributed by atoms with Crippen molar-refractivity contribution in [2.75, 3.05) is 39.0 Å². The normalized spacial score (nSPS) is 25.1. The zero-order chi connectivity index (χ0) is 27.1. The third-order valence-electron chi connectivity index (χ3n) is 9.23. The van der Waals surface area contributed by atoms with E-state index < -0.39 is 15.8 Å².